The Balaban J connectivity index is 1.61. The summed E-state index contributed by atoms with van der Waals surface area (Å²) in [5, 5.41) is 0. The number of hydrogen-bond donors (Lipinski definition) is 0. The molecule has 0 aliphatic heterocycles. The van der Waals surface area contributed by atoms with Gasteiger partial charge in [-0.1, -0.05) is 54.7 Å². The number of carbonyl (C=O) groups excluding carboxylic acids is 1. The first-order valence-corrected chi connectivity index (χ1v) is 13.3. The van der Waals surface area contributed by atoms with Gasteiger partial charge in [0.1, 0.15) is 0 Å². The highest BCUT2D eigenvalue weighted by Crippen LogP contribution is 2.23. The van der Waals surface area contributed by atoms with Crippen LogP contribution in [0.25, 0.3) is 10.2 Å². The van der Waals surface area contributed by atoms with Gasteiger partial charge >= 0.3 is 0 Å². The van der Waals surface area contributed by atoms with E-state index in [1.807, 2.05) is 62.7 Å². The Kier molecular flexibility index (Phi) is 6.84. The van der Waals surface area contributed by atoms with Crippen molar-refractivity contribution in [1.82, 2.24) is 8.87 Å². The van der Waals surface area contributed by atoms with Crippen LogP contribution in [-0.4, -0.2) is 29.7 Å². The summed E-state index contributed by atoms with van der Waals surface area (Å²) in [6, 6.07) is 19.7. The smallest absolute Gasteiger partial charge is 0.279 e. The van der Waals surface area contributed by atoms with Gasteiger partial charge in [-0.05, 0) is 60.9 Å². The molecule has 6 nitrogen and oxygen atoms in total. The van der Waals surface area contributed by atoms with Gasteiger partial charge < -0.3 is 4.57 Å². The van der Waals surface area contributed by atoms with Crippen molar-refractivity contribution in [2.24, 2.45) is 12.0 Å². The van der Waals surface area contributed by atoms with E-state index in [-0.39, 0.29) is 11.4 Å². The molecule has 176 valence electrons. The molecule has 0 radical (unpaired) electrons. The van der Waals surface area contributed by atoms with Crippen LogP contribution in [0.3, 0.4) is 0 Å². The normalized spacial score (nSPS) is 12.6. The van der Waals surface area contributed by atoms with Gasteiger partial charge in [0.05, 0.1) is 15.1 Å². The van der Waals surface area contributed by atoms with Crippen LogP contribution in [0.15, 0.2) is 76.6 Å². The van der Waals surface area contributed by atoms with Crippen molar-refractivity contribution in [2.75, 3.05) is 6.54 Å². The first kappa shape index (κ1) is 24.1. The largest absolute Gasteiger partial charge is 0.319 e. The number of aryl methyl sites for hydroxylation is 3. The second kappa shape index (κ2) is 9.66. The molecule has 34 heavy (non-hydrogen) atoms. The SMILES string of the molecule is CCN(Cc1ccccc1)S(=O)(=O)c1ccc(C(=O)N=c2sc3c(C)cc(C)cc3n2C)cc1. The molecule has 0 spiro atoms. The second-order valence-corrected chi connectivity index (χ2v) is 11.1. The Morgan fingerprint density at radius 1 is 1.03 bits per heavy atom. The standard InChI is InChI=1S/C26H27N3O3S2/c1-5-29(17-20-9-7-6-8-10-20)34(31,32)22-13-11-21(12-14-22)25(30)27-26-28(4)23-16-18(2)15-19(3)24(23)33-26/h6-16H,5,17H2,1-4H3. The molecule has 0 saturated carbocycles. The van der Waals surface area contributed by atoms with E-state index in [1.54, 1.807) is 0 Å². The quantitative estimate of drug-likeness (QED) is 0.387. The highest BCUT2D eigenvalue weighted by atomic mass is 32.2. The van der Waals surface area contributed by atoms with Crippen LogP contribution >= 0.6 is 11.3 Å². The highest BCUT2D eigenvalue weighted by molar-refractivity contribution is 7.89. The van der Waals surface area contributed by atoms with Crippen LogP contribution in [0.4, 0.5) is 0 Å². The number of thiazole rings is 1. The van der Waals surface area contributed by atoms with Crippen LogP contribution in [-0.2, 0) is 23.6 Å². The zero-order chi connectivity index (χ0) is 24.5. The average Bonchev–Trinajstić information content (AvgIpc) is 3.13. The summed E-state index contributed by atoms with van der Waals surface area (Å²) in [7, 11) is -1.80. The van der Waals surface area contributed by atoms with E-state index in [4.69, 9.17) is 0 Å². The molecule has 0 atom stereocenters. The Labute approximate surface area is 203 Å². The number of aromatic nitrogens is 1. The molecule has 1 aromatic heterocycles. The Morgan fingerprint density at radius 3 is 2.35 bits per heavy atom. The lowest BCUT2D eigenvalue weighted by Crippen LogP contribution is -2.30. The Morgan fingerprint density at radius 2 is 1.71 bits per heavy atom. The van der Waals surface area contributed by atoms with Crippen molar-refractivity contribution >= 4 is 37.5 Å². The van der Waals surface area contributed by atoms with E-state index >= 15 is 0 Å². The number of hydrogen-bond acceptors (Lipinski definition) is 4. The van der Waals surface area contributed by atoms with Gasteiger partial charge in [-0.15, -0.1) is 0 Å². The fraction of sp³-hybridized carbons (Fsp3) is 0.231. The van der Waals surface area contributed by atoms with E-state index in [9.17, 15) is 13.2 Å². The van der Waals surface area contributed by atoms with E-state index in [2.05, 4.69) is 17.1 Å². The van der Waals surface area contributed by atoms with Gasteiger partial charge in [0.15, 0.2) is 4.80 Å². The van der Waals surface area contributed by atoms with Crippen molar-refractivity contribution in [3.8, 4) is 0 Å². The minimum atomic E-state index is -3.69. The zero-order valence-electron chi connectivity index (χ0n) is 19.6. The van der Waals surface area contributed by atoms with E-state index in [0.29, 0.717) is 16.9 Å². The molecular weight excluding hydrogens is 466 g/mol. The van der Waals surface area contributed by atoms with Crippen LogP contribution in [0.1, 0.15) is 34.0 Å². The summed E-state index contributed by atoms with van der Waals surface area (Å²) in [5.74, 6) is -0.405. The van der Waals surface area contributed by atoms with Gasteiger partial charge in [0.2, 0.25) is 10.0 Å². The van der Waals surface area contributed by atoms with Crippen molar-refractivity contribution in [2.45, 2.75) is 32.2 Å². The van der Waals surface area contributed by atoms with Gasteiger partial charge in [-0.2, -0.15) is 9.30 Å². The highest BCUT2D eigenvalue weighted by Gasteiger charge is 2.23. The lowest BCUT2D eigenvalue weighted by atomic mass is 10.1. The first-order chi connectivity index (χ1) is 16.2. The molecule has 8 heteroatoms. The van der Waals surface area contributed by atoms with Crippen molar-refractivity contribution < 1.29 is 13.2 Å². The zero-order valence-corrected chi connectivity index (χ0v) is 21.3. The van der Waals surface area contributed by atoms with Gasteiger partial charge in [0.25, 0.3) is 5.91 Å². The molecule has 3 aromatic carbocycles. The second-order valence-electron chi connectivity index (χ2n) is 8.23. The molecule has 0 N–H and O–H groups in total. The number of nitrogens with zero attached hydrogens (tertiary/aromatic N) is 3. The number of benzene rings is 3. The molecule has 0 unspecified atom stereocenters. The number of rotatable bonds is 6. The third kappa shape index (κ3) is 4.75. The van der Waals surface area contributed by atoms with Crippen LogP contribution in [0.2, 0.25) is 0 Å². The number of amides is 1. The van der Waals surface area contributed by atoms with Gasteiger partial charge in [-0.3, -0.25) is 4.79 Å². The van der Waals surface area contributed by atoms with E-state index in [1.165, 1.54) is 39.9 Å². The molecular formula is C26H27N3O3S2. The summed E-state index contributed by atoms with van der Waals surface area (Å²) >= 11 is 1.47. The first-order valence-electron chi connectivity index (χ1n) is 11.0. The van der Waals surface area contributed by atoms with Crippen LogP contribution < -0.4 is 4.80 Å². The lowest BCUT2D eigenvalue weighted by Gasteiger charge is -2.20. The molecule has 0 aliphatic rings. The van der Waals surface area contributed by atoms with Crippen LogP contribution in [0.5, 0.6) is 0 Å². The minimum Gasteiger partial charge on any atom is -0.319 e. The van der Waals surface area contributed by atoms with Crippen molar-refractivity contribution in [3.05, 3.63) is 93.8 Å². The van der Waals surface area contributed by atoms with Gasteiger partial charge in [0, 0.05) is 25.7 Å². The molecule has 0 aliphatic carbocycles. The minimum absolute atomic E-state index is 0.153. The maximum Gasteiger partial charge on any atom is 0.279 e. The summed E-state index contributed by atoms with van der Waals surface area (Å²) in [5.41, 5.74) is 4.60. The molecule has 4 aromatic rings. The molecule has 1 heterocycles. The number of carbonyl (C=O) groups is 1. The predicted molar refractivity (Wildman–Crippen MR) is 136 cm³/mol. The number of fused-ring (bicyclic) bond motifs is 1. The average molecular weight is 494 g/mol. The summed E-state index contributed by atoms with van der Waals surface area (Å²) < 4.78 is 30.8. The number of sulfonamides is 1. The Hall–Kier alpha value is -3.07. The van der Waals surface area contributed by atoms with Gasteiger partial charge in [-0.25, -0.2) is 8.42 Å². The third-order valence-electron chi connectivity index (χ3n) is 5.73. The van der Waals surface area contributed by atoms with E-state index in [0.717, 1.165) is 26.9 Å². The molecule has 0 fully saturated rings. The fourth-order valence-electron chi connectivity index (χ4n) is 3.90. The molecule has 0 saturated heterocycles. The lowest BCUT2D eigenvalue weighted by molar-refractivity contribution is 0.0998. The predicted octanol–water partition coefficient (Wildman–Crippen LogP) is 4.81. The van der Waals surface area contributed by atoms with E-state index < -0.39 is 15.9 Å². The topological polar surface area (TPSA) is 71.7 Å². The summed E-state index contributed by atoms with van der Waals surface area (Å²) in [4.78, 5) is 17.9. The molecule has 4 rings (SSSR count). The summed E-state index contributed by atoms with van der Waals surface area (Å²) in [6.45, 7) is 6.53. The van der Waals surface area contributed by atoms with Crippen LogP contribution in [0, 0.1) is 13.8 Å². The fourth-order valence-corrected chi connectivity index (χ4v) is 6.40. The maximum absolute atomic E-state index is 13.2. The van der Waals surface area contributed by atoms with Crippen molar-refractivity contribution in [3.63, 3.8) is 0 Å². The third-order valence-corrected chi connectivity index (χ3v) is 8.95. The summed E-state index contributed by atoms with van der Waals surface area (Å²) in [6.07, 6.45) is 0. The monoisotopic (exact) mass is 493 g/mol. The molecule has 0 bridgehead atoms. The maximum atomic E-state index is 13.2. The van der Waals surface area contributed by atoms with Crippen molar-refractivity contribution in [1.29, 1.82) is 0 Å². The Bertz CT molecular complexity index is 1520. The molecule has 1 amide bonds.